The molecule has 1 heterocycles. The van der Waals surface area contributed by atoms with E-state index in [0.717, 1.165) is 24.1 Å². The first-order chi connectivity index (χ1) is 10.7. The summed E-state index contributed by atoms with van der Waals surface area (Å²) in [7, 11) is 0. The Balaban J connectivity index is 2.10. The Kier molecular flexibility index (Phi) is 4.06. The first kappa shape index (κ1) is 14.5. The molecule has 2 aromatic rings. The van der Waals surface area contributed by atoms with Crippen molar-refractivity contribution in [1.29, 1.82) is 5.26 Å². The molecule has 4 nitrogen and oxygen atoms in total. The summed E-state index contributed by atoms with van der Waals surface area (Å²) in [6.07, 6.45) is 4.88. The summed E-state index contributed by atoms with van der Waals surface area (Å²) in [6, 6.07) is 10.3. The van der Waals surface area contributed by atoms with Gasteiger partial charge in [-0.2, -0.15) is 10.4 Å². The van der Waals surface area contributed by atoms with Crippen molar-refractivity contribution in [3.8, 4) is 17.3 Å². The van der Waals surface area contributed by atoms with Crippen molar-refractivity contribution < 1.29 is 0 Å². The molecule has 22 heavy (non-hydrogen) atoms. The highest BCUT2D eigenvalue weighted by Gasteiger charge is 2.13. The second-order valence-electron chi connectivity index (χ2n) is 5.70. The predicted molar refractivity (Wildman–Crippen MR) is 85.6 cm³/mol. The molecule has 0 saturated heterocycles. The minimum Gasteiger partial charge on any atom is -0.267 e. The predicted octanol–water partition coefficient (Wildman–Crippen LogP) is 2.88. The minimum absolute atomic E-state index is 0.124. The van der Waals surface area contributed by atoms with Gasteiger partial charge in [-0.25, -0.2) is 4.68 Å². The highest BCUT2D eigenvalue weighted by Crippen LogP contribution is 2.26. The zero-order valence-electron chi connectivity index (χ0n) is 12.8. The molecule has 0 spiro atoms. The smallest absolute Gasteiger partial charge is 0.267 e. The number of aryl methyl sites for hydroxylation is 3. The molecule has 0 bridgehead atoms. The highest BCUT2D eigenvalue weighted by molar-refractivity contribution is 5.61. The van der Waals surface area contributed by atoms with Crippen LogP contribution in [0.2, 0.25) is 0 Å². The summed E-state index contributed by atoms with van der Waals surface area (Å²) in [5.41, 5.74) is 4.98. The zero-order valence-corrected chi connectivity index (χ0v) is 12.8. The second kappa shape index (κ2) is 6.15. The van der Waals surface area contributed by atoms with E-state index in [1.807, 2.05) is 6.92 Å². The van der Waals surface area contributed by atoms with Gasteiger partial charge in [0.2, 0.25) is 0 Å². The number of aromatic nitrogens is 2. The molecule has 0 saturated carbocycles. The van der Waals surface area contributed by atoms with Gasteiger partial charge in [-0.3, -0.25) is 4.79 Å². The Bertz CT molecular complexity index is 799. The van der Waals surface area contributed by atoms with Gasteiger partial charge in [-0.1, -0.05) is 12.1 Å². The molecule has 0 N–H and O–H groups in total. The van der Waals surface area contributed by atoms with Crippen molar-refractivity contribution >= 4 is 0 Å². The molecule has 0 radical (unpaired) electrons. The Labute approximate surface area is 130 Å². The van der Waals surface area contributed by atoms with Crippen LogP contribution in [0.25, 0.3) is 11.3 Å². The Morgan fingerprint density at radius 3 is 2.73 bits per heavy atom. The van der Waals surface area contributed by atoms with Crippen LogP contribution in [0.1, 0.15) is 36.5 Å². The molecule has 3 rings (SSSR count). The summed E-state index contributed by atoms with van der Waals surface area (Å²) in [4.78, 5) is 12.2. The van der Waals surface area contributed by atoms with Crippen molar-refractivity contribution in [1.82, 2.24) is 9.78 Å². The van der Waals surface area contributed by atoms with Crippen LogP contribution in [0.15, 0.2) is 29.1 Å². The van der Waals surface area contributed by atoms with Gasteiger partial charge in [0.05, 0.1) is 18.2 Å². The molecular formula is C18H19N3O. The van der Waals surface area contributed by atoms with Crippen molar-refractivity contribution in [2.24, 2.45) is 0 Å². The SMILES string of the molecule is CCn1nc(-c2ccc3c(c2)CCCC3)cc(CC#N)c1=O. The van der Waals surface area contributed by atoms with Crippen LogP contribution in [0.4, 0.5) is 0 Å². The Morgan fingerprint density at radius 1 is 1.23 bits per heavy atom. The Hall–Kier alpha value is -2.41. The van der Waals surface area contributed by atoms with Crippen LogP contribution in [0.5, 0.6) is 0 Å². The monoisotopic (exact) mass is 293 g/mol. The first-order valence-corrected chi connectivity index (χ1v) is 7.83. The molecule has 1 aliphatic carbocycles. The molecule has 0 atom stereocenters. The van der Waals surface area contributed by atoms with Gasteiger partial charge in [0.1, 0.15) is 0 Å². The number of nitrogens with zero attached hydrogens (tertiary/aromatic N) is 3. The van der Waals surface area contributed by atoms with E-state index in [2.05, 4.69) is 29.4 Å². The van der Waals surface area contributed by atoms with Crippen LogP contribution in [-0.4, -0.2) is 9.78 Å². The minimum atomic E-state index is -0.161. The standard InChI is InChI=1S/C18H19N3O/c1-2-21-18(22)16(9-10-19)12-17(20-21)15-8-7-13-5-3-4-6-14(13)11-15/h7-8,11-12H,2-6,9H2,1H3. The second-order valence-corrected chi connectivity index (χ2v) is 5.70. The molecule has 0 amide bonds. The topological polar surface area (TPSA) is 58.7 Å². The molecular weight excluding hydrogens is 274 g/mol. The van der Waals surface area contributed by atoms with E-state index in [9.17, 15) is 4.79 Å². The molecule has 1 aliphatic rings. The van der Waals surface area contributed by atoms with Gasteiger partial charge in [0.25, 0.3) is 5.56 Å². The van der Waals surface area contributed by atoms with Crippen molar-refractivity contribution in [3.63, 3.8) is 0 Å². The van der Waals surface area contributed by atoms with Crippen LogP contribution < -0.4 is 5.56 Å². The van der Waals surface area contributed by atoms with Crippen molar-refractivity contribution in [2.45, 2.75) is 45.6 Å². The molecule has 0 unspecified atom stereocenters. The summed E-state index contributed by atoms with van der Waals surface area (Å²) in [5.74, 6) is 0. The molecule has 1 aromatic carbocycles. The van der Waals surface area contributed by atoms with Gasteiger partial charge in [0.15, 0.2) is 0 Å². The van der Waals surface area contributed by atoms with Crippen LogP contribution >= 0.6 is 0 Å². The van der Waals surface area contributed by atoms with Gasteiger partial charge in [-0.15, -0.1) is 0 Å². The summed E-state index contributed by atoms with van der Waals surface area (Å²) in [6.45, 7) is 2.40. The average molecular weight is 293 g/mol. The maximum Gasteiger partial charge on any atom is 0.271 e. The number of fused-ring (bicyclic) bond motifs is 1. The van der Waals surface area contributed by atoms with E-state index in [4.69, 9.17) is 5.26 Å². The number of hydrogen-bond acceptors (Lipinski definition) is 3. The lowest BCUT2D eigenvalue weighted by atomic mass is 9.90. The largest absolute Gasteiger partial charge is 0.271 e. The summed E-state index contributed by atoms with van der Waals surface area (Å²) >= 11 is 0. The number of hydrogen-bond donors (Lipinski definition) is 0. The molecule has 0 aliphatic heterocycles. The zero-order chi connectivity index (χ0) is 15.5. The summed E-state index contributed by atoms with van der Waals surface area (Å²) in [5, 5.41) is 13.4. The first-order valence-electron chi connectivity index (χ1n) is 7.83. The van der Waals surface area contributed by atoms with E-state index in [0.29, 0.717) is 12.1 Å². The molecule has 1 aromatic heterocycles. The molecule has 112 valence electrons. The third-order valence-corrected chi connectivity index (χ3v) is 4.26. The normalized spacial score (nSPS) is 13.5. The third kappa shape index (κ3) is 2.67. The maximum atomic E-state index is 12.2. The lowest BCUT2D eigenvalue weighted by molar-refractivity contribution is 0.612. The van der Waals surface area contributed by atoms with Crippen LogP contribution in [0.3, 0.4) is 0 Å². The highest BCUT2D eigenvalue weighted by atomic mass is 16.1. The summed E-state index contributed by atoms with van der Waals surface area (Å²) < 4.78 is 1.45. The van der Waals surface area contributed by atoms with Crippen LogP contribution in [-0.2, 0) is 25.8 Å². The third-order valence-electron chi connectivity index (χ3n) is 4.26. The van der Waals surface area contributed by atoms with Gasteiger partial charge >= 0.3 is 0 Å². The number of rotatable bonds is 3. The van der Waals surface area contributed by atoms with Gasteiger partial charge in [0, 0.05) is 17.7 Å². The molecule has 4 heteroatoms. The number of nitriles is 1. The van der Waals surface area contributed by atoms with Gasteiger partial charge in [-0.05, 0) is 55.9 Å². The van der Waals surface area contributed by atoms with E-state index < -0.39 is 0 Å². The lowest BCUT2D eigenvalue weighted by Crippen LogP contribution is -2.25. The van der Waals surface area contributed by atoms with Crippen molar-refractivity contribution in [2.75, 3.05) is 0 Å². The van der Waals surface area contributed by atoms with E-state index in [1.165, 1.54) is 28.7 Å². The quantitative estimate of drug-likeness (QED) is 0.874. The Morgan fingerprint density at radius 2 is 2.00 bits per heavy atom. The van der Waals surface area contributed by atoms with Crippen molar-refractivity contribution in [3.05, 3.63) is 51.3 Å². The fraction of sp³-hybridized carbons (Fsp3) is 0.389. The molecule has 0 fully saturated rings. The lowest BCUT2D eigenvalue weighted by Gasteiger charge is -2.17. The fourth-order valence-corrected chi connectivity index (χ4v) is 3.06. The fourth-order valence-electron chi connectivity index (χ4n) is 3.06. The number of benzene rings is 1. The maximum absolute atomic E-state index is 12.2. The van der Waals surface area contributed by atoms with Gasteiger partial charge < -0.3 is 0 Å². The van der Waals surface area contributed by atoms with E-state index in [-0.39, 0.29) is 12.0 Å². The van der Waals surface area contributed by atoms with E-state index >= 15 is 0 Å². The van der Waals surface area contributed by atoms with E-state index in [1.54, 1.807) is 6.07 Å². The average Bonchev–Trinajstić information content (AvgIpc) is 2.56. The van der Waals surface area contributed by atoms with Crippen LogP contribution in [0, 0.1) is 11.3 Å².